The molecule has 1 amide bonds. The number of primary amides is 1. The number of amides is 1. The molecule has 19 heavy (non-hydrogen) atoms. The van der Waals surface area contributed by atoms with E-state index in [1.54, 1.807) is 0 Å². The number of hydrogen-bond acceptors (Lipinski definition) is 5. The summed E-state index contributed by atoms with van der Waals surface area (Å²) in [7, 11) is -3.78. The summed E-state index contributed by atoms with van der Waals surface area (Å²) < 4.78 is 30.2. The van der Waals surface area contributed by atoms with Crippen molar-refractivity contribution in [1.82, 2.24) is 4.72 Å². The molecule has 102 valence electrons. The molecule has 0 saturated carbocycles. The number of nitrogens with two attached hydrogens (primary N) is 1. The molecular weight excluding hydrogens is 294 g/mol. The molecule has 0 atom stereocenters. The van der Waals surface area contributed by atoms with E-state index in [9.17, 15) is 13.2 Å². The first-order valence-corrected chi connectivity index (χ1v) is 6.84. The minimum absolute atomic E-state index is 0.0405. The van der Waals surface area contributed by atoms with E-state index in [2.05, 4.69) is 9.46 Å². The average Bonchev–Trinajstić information content (AvgIpc) is 2.34. The van der Waals surface area contributed by atoms with E-state index in [4.69, 9.17) is 22.6 Å². The van der Waals surface area contributed by atoms with Gasteiger partial charge in [0.25, 0.3) is 0 Å². The first-order chi connectivity index (χ1) is 8.86. The zero-order valence-corrected chi connectivity index (χ0v) is 11.2. The molecule has 1 rings (SSSR count). The fourth-order valence-corrected chi connectivity index (χ4v) is 2.49. The molecule has 0 saturated heterocycles. The number of nitrogens with zero attached hydrogens (tertiary/aromatic N) is 1. The molecule has 0 heterocycles. The molecule has 1 aromatic carbocycles. The molecule has 0 aliphatic carbocycles. The minimum atomic E-state index is -3.78. The third-order valence-electron chi connectivity index (χ3n) is 2.01. The Balaban J connectivity index is 2.75. The van der Waals surface area contributed by atoms with E-state index in [-0.39, 0.29) is 28.6 Å². The van der Waals surface area contributed by atoms with Crippen LogP contribution in [0.25, 0.3) is 0 Å². The van der Waals surface area contributed by atoms with E-state index in [0.717, 1.165) is 6.07 Å². The van der Waals surface area contributed by atoms with Crippen molar-refractivity contribution in [2.45, 2.75) is 4.90 Å². The summed E-state index contributed by atoms with van der Waals surface area (Å²) in [4.78, 5) is 10.2. The Kier molecular flexibility index (Phi) is 5.11. The molecule has 0 spiro atoms. The van der Waals surface area contributed by atoms with Crippen molar-refractivity contribution in [3.63, 3.8) is 0 Å². The third kappa shape index (κ3) is 4.40. The Morgan fingerprint density at radius 3 is 2.74 bits per heavy atom. The van der Waals surface area contributed by atoms with Crippen LogP contribution in [0.1, 0.15) is 5.56 Å². The van der Waals surface area contributed by atoms with Crippen molar-refractivity contribution in [3.8, 4) is 6.07 Å². The van der Waals surface area contributed by atoms with Crippen LogP contribution < -0.4 is 10.5 Å². The van der Waals surface area contributed by atoms with Gasteiger partial charge in [0.1, 0.15) is 12.7 Å². The third-order valence-corrected chi connectivity index (χ3v) is 3.78. The Hall–Kier alpha value is -1.82. The maximum atomic E-state index is 11.8. The monoisotopic (exact) mass is 303 g/mol. The highest BCUT2D eigenvalue weighted by Crippen LogP contribution is 2.19. The molecule has 0 aliphatic rings. The van der Waals surface area contributed by atoms with Gasteiger partial charge >= 0.3 is 6.09 Å². The molecule has 0 aliphatic heterocycles. The van der Waals surface area contributed by atoms with Crippen LogP contribution in [0.15, 0.2) is 23.1 Å². The number of carbonyl (C=O) groups is 1. The van der Waals surface area contributed by atoms with Gasteiger partial charge < -0.3 is 10.5 Å². The number of nitrogens with one attached hydrogen (secondary N) is 1. The molecule has 1 aromatic rings. The van der Waals surface area contributed by atoms with Gasteiger partial charge in [-0.3, -0.25) is 0 Å². The predicted octanol–water partition coefficient (Wildman–Crippen LogP) is 0.585. The smallest absolute Gasteiger partial charge is 0.404 e. The SMILES string of the molecule is N#Cc1ccc(S(=O)(=O)NCCOC(N)=O)cc1Cl. The summed E-state index contributed by atoms with van der Waals surface area (Å²) in [5, 5.41) is 8.72. The molecule has 0 aromatic heterocycles. The number of nitriles is 1. The standard InChI is InChI=1S/C10H10ClN3O4S/c11-9-5-8(2-1-7(9)6-12)19(16,17)14-3-4-18-10(13)15/h1-2,5,14H,3-4H2,(H2,13,15). The molecule has 0 fully saturated rings. The summed E-state index contributed by atoms with van der Waals surface area (Å²) in [6, 6.07) is 5.54. The zero-order valence-electron chi connectivity index (χ0n) is 9.59. The second-order valence-electron chi connectivity index (χ2n) is 3.32. The van der Waals surface area contributed by atoms with Crippen LogP contribution in [0, 0.1) is 11.3 Å². The zero-order chi connectivity index (χ0) is 14.5. The molecule has 3 N–H and O–H groups in total. The maximum absolute atomic E-state index is 11.8. The van der Waals surface area contributed by atoms with E-state index in [1.807, 2.05) is 6.07 Å². The van der Waals surface area contributed by atoms with E-state index in [1.165, 1.54) is 12.1 Å². The van der Waals surface area contributed by atoms with Gasteiger partial charge in [0, 0.05) is 6.54 Å². The summed E-state index contributed by atoms with van der Waals surface area (Å²) >= 11 is 5.74. The van der Waals surface area contributed by atoms with Crippen molar-refractivity contribution < 1.29 is 17.9 Å². The Morgan fingerprint density at radius 2 is 2.21 bits per heavy atom. The van der Waals surface area contributed by atoms with E-state index < -0.39 is 16.1 Å². The van der Waals surface area contributed by atoms with Gasteiger partial charge in [-0.2, -0.15) is 5.26 Å². The number of halogens is 1. The van der Waals surface area contributed by atoms with Crippen LogP contribution in [-0.4, -0.2) is 27.7 Å². The first kappa shape index (κ1) is 15.2. The van der Waals surface area contributed by atoms with Gasteiger partial charge in [-0.25, -0.2) is 17.9 Å². The second-order valence-corrected chi connectivity index (χ2v) is 5.49. The molecule has 0 radical (unpaired) electrons. The normalized spacial score (nSPS) is 10.7. The highest BCUT2D eigenvalue weighted by atomic mass is 35.5. The van der Waals surface area contributed by atoms with Crippen molar-refractivity contribution in [1.29, 1.82) is 5.26 Å². The van der Waals surface area contributed by atoms with Gasteiger partial charge in [0.2, 0.25) is 10.0 Å². The Morgan fingerprint density at radius 1 is 1.53 bits per heavy atom. The van der Waals surface area contributed by atoms with Crippen LogP contribution in [-0.2, 0) is 14.8 Å². The highest BCUT2D eigenvalue weighted by molar-refractivity contribution is 7.89. The molecular formula is C10H10ClN3O4S. The predicted molar refractivity (Wildman–Crippen MR) is 66.9 cm³/mol. The fourth-order valence-electron chi connectivity index (χ4n) is 1.16. The van der Waals surface area contributed by atoms with Crippen molar-refractivity contribution in [2.75, 3.05) is 13.2 Å². The van der Waals surface area contributed by atoms with Gasteiger partial charge in [0.15, 0.2) is 0 Å². The fraction of sp³-hybridized carbons (Fsp3) is 0.200. The van der Waals surface area contributed by atoms with E-state index >= 15 is 0 Å². The summed E-state index contributed by atoms with van der Waals surface area (Å²) in [6.07, 6.45) is -0.986. The number of benzene rings is 1. The summed E-state index contributed by atoms with van der Waals surface area (Å²) in [6.45, 7) is -0.304. The quantitative estimate of drug-likeness (QED) is 0.771. The number of hydrogen-bond donors (Lipinski definition) is 2. The maximum Gasteiger partial charge on any atom is 0.404 e. The van der Waals surface area contributed by atoms with Crippen molar-refractivity contribution in [2.24, 2.45) is 5.73 Å². The first-order valence-electron chi connectivity index (χ1n) is 4.98. The van der Waals surface area contributed by atoms with Crippen molar-refractivity contribution >= 4 is 27.7 Å². The van der Waals surface area contributed by atoms with Gasteiger partial charge in [-0.15, -0.1) is 0 Å². The number of carbonyl (C=O) groups excluding carboxylic acids is 1. The molecule has 0 bridgehead atoms. The summed E-state index contributed by atoms with van der Waals surface area (Å²) in [5.74, 6) is 0. The molecule has 0 unspecified atom stereocenters. The summed E-state index contributed by atoms with van der Waals surface area (Å²) in [5.41, 5.74) is 4.90. The van der Waals surface area contributed by atoms with Crippen LogP contribution in [0.4, 0.5) is 4.79 Å². The molecule has 9 heteroatoms. The number of sulfonamides is 1. The lowest BCUT2D eigenvalue weighted by Crippen LogP contribution is -2.29. The average molecular weight is 304 g/mol. The Bertz CT molecular complexity index is 624. The van der Waals surface area contributed by atoms with Gasteiger partial charge in [0.05, 0.1) is 15.5 Å². The second kappa shape index (κ2) is 6.38. The van der Waals surface area contributed by atoms with Crippen LogP contribution in [0.2, 0.25) is 5.02 Å². The van der Waals surface area contributed by atoms with E-state index in [0.29, 0.717) is 0 Å². The van der Waals surface area contributed by atoms with Crippen LogP contribution in [0.5, 0.6) is 0 Å². The lowest BCUT2D eigenvalue weighted by atomic mass is 10.2. The lowest BCUT2D eigenvalue weighted by Gasteiger charge is -2.07. The highest BCUT2D eigenvalue weighted by Gasteiger charge is 2.15. The van der Waals surface area contributed by atoms with Crippen LogP contribution in [0.3, 0.4) is 0 Å². The van der Waals surface area contributed by atoms with Gasteiger partial charge in [-0.1, -0.05) is 11.6 Å². The lowest BCUT2D eigenvalue weighted by molar-refractivity contribution is 0.159. The Labute approximate surface area is 115 Å². The minimum Gasteiger partial charge on any atom is -0.448 e. The van der Waals surface area contributed by atoms with Crippen molar-refractivity contribution in [3.05, 3.63) is 28.8 Å². The topological polar surface area (TPSA) is 122 Å². The number of ether oxygens (including phenoxy) is 1. The molecule has 7 nitrogen and oxygen atoms in total. The number of rotatable bonds is 5. The van der Waals surface area contributed by atoms with Gasteiger partial charge in [-0.05, 0) is 18.2 Å². The van der Waals surface area contributed by atoms with Crippen LogP contribution >= 0.6 is 11.6 Å². The largest absolute Gasteiger partial charge is 0.448 e.